The molecule has 7 nitrogen and oxygen atoms in total. The number of nitrogens with zero attached hydrogens (tertiary/aromatic N) is 2. The Kier molecular flexibility index (Phi) is 4.67. The minimum atomic E-state index is -0.323. The van der Waals surface area contributed by atoms with Gasteiger partial charge < -0.3 is 19.5 Å². The first kappa shape index (κ1) is 18.7. The van der Waals surface area contributed by atoms with Gasteiger partial charge in [-0.1, -0.05) is 24.3 Å². The van der Waals surface area contributed by atoms with Gasteiger partial charge in [0.25, 0.3) is 5.91 Å². The smallest absolute Gasteiger partial charge is 0.273 e. The van der Waals surface area contributed by atoms with Crippen molar-refractivity contribution in [1.29, 1.82) is 0 Å². The molecule has 0 saturated carbocycles. The summed E-state index contributed by atoms with van der Waals surface area (Å²) < 4.78 is 11.1. The van der Waals surface area contributed by atoms with Crippen LogP contribution in [0.1, 0.15) is 40.5 Å². The average molecular weight is 405 g/mol. The number of carbonyl (C=O) groups is 1. The summed E-state index contributed by atoms with van der Waals surface area (Å²) in [5.74, 6) is 0.780. The second-order valence-corrected chi connectivity index (χ2v) is 7.65. The number of para-hydroxylation sites is 1. The summed E-state index contributed by atoms with van der Waals surface area (Å²) in [5.41, 5.74) is 3.39. The number of aromatic nitrogens is 2. The number of carbonyl (C=O) groups excluding carboxylic acids is 1. The lowest BCUT2D eigenvalue weighted by Crippen LogP contribution is -2.36. The molecule has 7 heteroatoms. The fourth-order valence-corrected chi connectivity index (χ4v) is 4.40. The first-order valence-electron chi connectivity index (χ1n) is 10.1. The van der Waals surface area contributed by atoms with Crippen molar-refractivity contribution in [2.45, 2.75) is 25.0 Å². The summed E-state index contributed by atoms with van der Waals surface area (Å²) in [6.45, 7) is 1.24. The normalized spacial score (nSPS) is 20.6. The molecule has 3 aromatic rings. The predicted octanol–water partition coefficient (Wildman–Crippen LogP) is 3.52. The Labute approximate surface area is 174 Å². The van der Waals surface area contributed by atoms with Gasteiger partial charge in [-0.15, -0.1) is 0 Å². The Morgan fingerprint density at radius 1 is 1.23 bits per heavy atom. The number of phenols is 1. The van der Waals surface area contributed by atoms with Gasteiger partial charge in [0.05, 0.1) is 19.3 Å². The summed E-state index contributed by atoms with van der Waals surface area (Å²) in [4.78, 5) is 15.2. The van der Waals surface area contributed by atoms with Crippen molar-refractivity contribution in [2.75, 3.05) is 20.3 Å². The van der Waals surface area contributed by atoms with Gasteiger partial charge in [0.15, 0.2) is 0 Å². The number of fused-ring (bicyclic) bond motifs is 1. The van der Waals surface area contributed by atoms with E-state index in [1.807, 2.05) is 41.3 Å². The molecule has 1 saturated heterocycles. The molecule has 1 amide bonds. The highest BCUT2D eigenvalue weighted by Crippen LogP contribution is 2.44. The quantitative estimate of drug-likeness (QED) is 0.678. The summed E-state index contributed by atoms with van der Waals surface area (Å²) in [6, 6.07) is 14.4. The minimum absolute atomic E-state index is 0.0280. The molecule has 3 heterocycles. The molecule has 0 bridgehead atoms. The maximum atomic E-state index is 13.3. The number of nitrogens with one attached hydrogen (secondary N) is 1. The van der Waals surface area contributed by atoms with Gasteiger partial charge >= 0.3 is 0 Å². The van der Waals surface area contributed by atoms with E-state index in [2.05, 4.69) is 10.2 Å². The zero-order valence-electron chi connectivity index (χ0n) is 16.7. The molecular weight excluding hydrogens is 382 g/mol. The first-order chi connectivity index (χ1) is 14.7. The molecule has 0 unspecified atom stereocenters. The van der Waals surface area contributed by atoms with Crippen molar-refractivity contribution in [2.24, 2.45) is 0 Å². The number of hydrogen-bond donors (Lipinski definition) is 2. The molecule has 0 aliphatic carbocycles. The maximum Gasteiger partial charge on any atom is 0.273 e. The molecule has 2 aromatic carbocycles. The van der Waals surface area contributed by atoms with Crippen LogP contribution in [0.3, 0.4) is 0 Å². The number of methoxy groups -OCH3 is 1. The van der Waals surface area contributed by atoms with E-state index in [-0.39, 0.29) is 23.8 Å². The molecule has 2 N–H and O–H groups in total. The zero-order chi connectivity index (χ0) is 20.7. The highest BCUT2D eigenvalue weighted by molar-refractivity contribution is 6.00. The number of aromatic hydroxyl groups is 1. The SMILES string of the molecule is COc1ccc([C@H]2c3c(-c4ccccc4O)n[nH]c3C(=O)N2C[C@@H]2CCCO2)cc1. The van der Waals surface area contributed by atoms with E-state index in [0.717, 1.165) is 36.3 Å². The van der Waals surface area contributed by atoms with Crippen molar-refractivity contribution < 1.29 is 19.4 Å². The minimum Gasteiger partial charge on any atom is -0.507 e. The largest absolute Gasteiger partial charge is 0.507 e. The highest BCUT2D eigenvalue weighted by Gasteiger charge is 2.43. The Hall–Kier alpha value is -3.32. The maximum absolute atomic E-state index is 13.3. The van der Waals surface area contributed by atoms with Crippen molar-refractivity contribution in [1.82, 2.24) is 15.1 Å². The van der Waals surface area contributed by atoms with E-state index >= 15 is 0 Å². The van der Waals surface area contributed by atoms with Crippen LogP contribution in [-0.4, -0.2) is 52.5 Å². The number of amides is 1. The third-order valence-electron chi connectivity index (χ3n) is 5.88. The summed E-state index contributed by atoms with van der Waals surface area (Å²) in [6.07, 6.45) is 1.98. The van der Waals surface area contributed by atoms with Crippen molar-refractivity contribution in [3.05, 3.63) is 65.4 Å². The lowest BCUT2D eigenvalue weighted by Gasteiger charge is -2.28. The molecule has 2 aliphatic heterocycles. The fourth-order valence-electron chi connectivity index (χ4n) is 4.40. The lowest BCUT2D eigenvalue weighted by molar-refractivity contribution is 0.0495. The number of benzene rings is 2. The van der Waals surface area contributed by atoms with E-state index in [1.54, 1.807) is 19.2 Å². The van der Waals surface area contributed by atoms with Gasteiger partial charge in [-0.25, -0.2) is 0 Å². The van der Waals surface area contributed by atoms with Gasteiger partial charge in [-0.05, 0) is 42.7 Å². The summed E-state index contributed by atoms with van der Waals surface area (Å²) in [7, 11) is 1.63. The van der Waals surface area contributed by atoms with Crippen LogP contribution in [0.25, 0.3) is 11.3 Å². The Bertz CT molecular complexity index is 1070. The highest BCUT2D eigenvalue weighted by atomic mass is 16.5. The van der Waals surface area contributed by atoms with Crippen molar-refractivity contribution in [3.8, 4) is 22.8 Å². The number of H-pyrrole nitrogens is 1. The molecule has 154 valence electrons. The molecule has 0 radical (unpaired) electrons. The van der Waals surface area contributed by atoms with Crippen LogP contribution in [-0.2, 0) is 4.74 Å². The fraction of sp³-hybridized carbons (Fsp3) is 0.304. The van der Waals surface area contributed by atoms with Crippen LogP contribution in [0.15, 0.2) is 48.5 Å². The number of phenolic OH excluding ortho intramolecular Hbond substituents is 1. The number of ether oxygens (including phenoxy) is 2. The van der Waals surface area contributed by atoms with Gasteiger partial charge in [-0.2, -0.15) is 5.10 Å². The van der Waals surface area contributed by atoms with E-state index in [4.69, 9.17) is 9.47 Å². The summed E-state index contributed by atoms with van der Waals surface area (Å²) in [5, 5.41) is 17.7. The Morgan fingerprint density at radius 3 is 2.73 bits per heavy atom. The number of hydrogen-bond acceptors (Lipinski definition) is 5. The topological polar surface area (TPSA) is 87.7 Å². The molecule has 30 heavy (non-hydrogen) atoms. The molecule has 1 aromatic heterocycles. The summed E-state index contributed by atoms with van der Waals surface area (Å²) >= 11 is 0. The van der Waals surface area contributed by atoms with Crippen LogP contribution in [0.2, 0.25) is 0 Å². The zero-order valence-corrected chi connectivity index (χ0v) is 16.7. The number of aromatic amines is 1. The third-order valence-corrected chi connectivity index (χ3v) is 5.88. The van der Waals surface area contributed by atoms with Crippen molar-refractivity contribution in [3.63, 3.8) is 0 Å². The molecule has 5 rings (SSSR count). The Balaban J connectivity index is 1.62. The molecule has 2 atom stereocenters. The van der Waals surface area contributed by atoms with Crippen LogP contribution in [0, 0.1) is 0 Å². The molecule has 1 fully saturated rings. The molecule has 2 aliphatic rings. The van der Waals surface area contributed by atoms with Crippen LogP contribution in [0.4, 0.5) is 0 Å². The number of rotatable bonds is 5. The second-order valence-electron chi connectivity index (χ2n) is 7.65. The van der Waals surface area contributed by atoms with Gasteiger partial charge in [0, 0.05) is 24.3 Å². The molecule has 0 spiro atoms. The van der Waals surface area contributed by atoms with Crippen molar-refractivity contribution >= 4 is 5.91 Å². The van der Waals surface area contributed by atoms with E-state index in [1.165, 1.54) is 0 Å². The average Bonchev–Trinajstić information content (AvgIpc) is 3.49. The predicted molar refractivity (Wildman–Crippen MR) is 111 cm³/mol. The van der Waals surface area contributed by atoms with Gasteiger partial charge in [-0.3, -0.25) is 9.89 Å². The molecular formula is C23H23N3O4. The third kappa shape index (κ3) is 3.02. The van der Waals surface area contributed by atoms with E-state index in [9.17, 15) is 9.90 Å². The standard InChI is InChI=1S/C23H23N3O4/c1-29-15-10-8-14(9-11-15)22-19-20(17-6-2-3-7-18(17)27)24-25-21(19)23(28)26(22)13-16-5-4-12-30-16/h2-3,6-11,16,22,27H,4-5,12-13H2,1H3,(H,24,25)/t16-,22-/m0/s1. The Morgan fingerprint density at radius 2 is 2.03 bits per heavy atom. The van der Waals surface area contributed by atoms with E-state index < -0.39 is 0 Å². The van der Waals surface area contributed by atoms with Crippen LogP contribution in [0.5, 0.6) is 11.5 Å². The van der Waals surface area contributed by atoms with E-state index in [0.29, 0.717) is 23.5 Å². The van der Waals surface area contributed by atoms with Gasteiger partial charge in [0.2, 0.25) is 0 Å². The lowest BCUT2D eigenvalue weighted by atomic mass is 9.95. The monoisotopic (exact) mass is 405 g/mol. The van der Waals surface area contributed by atoms with Gasteiger partial charge in [0.1, 0.15) is 22.9 Å². The van der Waals surface area contributed by atoms with Crippen LogP contribution >= 0.6 is 0 Å². The second kappa shape index (κ2) is 7.50. The first-order valence-corrected chi connectivity index (χ1v) is 10.1. The van der Waals surface area contributed by atoms with Crippen LogP contribution < -0.4 is 4.74 Å².